The molecule has 2 aromatic carbocycles. The van der Waals surface area contributed by atoms with E-state index in [0.29, 0.717) is 13.0 Å². The Morgan fingerprint density at radius 3 is 2.38 bits per heavy atom. The molecule has 1 aromatic heterocycles. The van der Waals surface area contributed by atoms with E-state index in [4.69, 9.17) is 9.47 Å². The molecule has 0 aliphatic carbocycles. The van der Waals surface area contributed by atoms with Crippen LogP contribution in [-0.2, 0) is 11.3 Å². The van der Waals surface area contributed by atoms with Crippen molar-refractivity contribution in [2.24, 2.45) is 0 Å². The summed E-state index contributed by atoms with van der Waals surface area (Å²) < 4.78 is 13.2. The molecule has 5 nitrogen and oxygen atoms in total. The summed E-state index contributed by atoms with van der Waals surface area (Å²) in [7, 11) is 3.29. The Bertz CT molecular complexity index is 955. The predicted octanol–water partition coefficient (Wildman–Crippen LogP) is 4.73. The molecule has 1 amide bonds. The van der Waals surface area contributed by atoms with Crippen molar-refractivity contribution < 1.29 is 14.3 Å². The van der Waals surface area contributed by atoms with Crippen molar-refractivity contribution in [3.8, 4) is 11.5 Å². The van der Waals surface area contributed by atoms with E-state index < -0.39 is 0 Å². The molecule has 154 valence electrons. The first-order valence-electron chi connectivity index (χ1n) is 10.2. The van der Waals surface area contributed by atoms with Gasteiger partial charge in [-0.25, -0.2) is 0 Å². The molecule has 1 unspecified atom stereocenters. The van der Waals surface area contributed by atoms with Gasteiger partial charge in [0.2, 0.25) is 5.91 Å². The predicted molar refractivity (Wildman–Crippen MR) is 117 cm³/mol. The van der Waals surface area contributed by atoms with E-state index in [1.54, 1.807) is 14.2 Å². The van der Waals surface area contributed by atoms with Crippen LogP contribution in [0.1, 0.15) is 43.7 Å². The lowest BCUT2D eigenvalue weighted by atomic mass is 9.87. The molecule has 5 heteroatoms. The summed E-state index contributed by atoms with van der Waals surface area (Å²) in [5.74, 6) is 1.38. The maximum Gasteiger partial charge on any atom is 0.220 e. The first-order chi connectivity index (χ1) is 14.1. The summed E-state index contributed by atoms with van der Waals surface area (Å²) in [6.45, 7) is 5.74. The minimum atomic E-state index is -0.103. The second kappa shape index (κ2) is 9.50. The number of carbonyl (C=O) groups is 1. The van der Waals surface area contributed by atoms with Crippen molar-refractivity contribution in [3.63, 3.8) is 0 Å². The Balaban J connectivity index is 2.13. The van der Waals surface area contributed by atoms with Gasteiger partial charge in [0.1, 0.15) is 11.5 Å². The van der Waals surface area contributed by atoms with Crippen LogP contribution in [0.3, 0.4) is 0 Å². The van der Waals surface area contributed by atoms with Crippen LogP contribution in [0.25, 0.3) is 10.9 Å². The summed E-state index contributed by atoms with van der Waals surface area (Å²) in [6.07, 6.45) is 3.46. The summed E-state index contributed by atoms with van der Waals surface area (Å²) in [6, 6.07) is 14.2. The number of methoxy groups -OCH3 is 2. The molecule has 1 N–H and O–H groups in total. The summed E-state index contributed by atoms with van der Waals surface area (Å²) >= 11 is 0. The van der Waals surface area contributed by atoms with Crippen LogP contribution in [-0.4, -0.2) is 31.2 Å². The number of hydrogen-bond acceptors (Lipinski definition) is 3. The molecule has 0 saturated heterocycles. The molecule has 3 rings (SSSR count). The lowest BCUT2D eigenvalue weighted by molar-refractivity contribution is -0.121. The van der Waals surface area contributed by atoms with Crippen molar-refractivity contribution in [2.45, 2.75) is 39.2 Å². The monoisotopic (exact) mass is 394 g/mol. The second-order valence-electron chi connectivity index (χ2n) is 7.14. The molecule has 29 heavy (non-hydrogen) atoms. The Morgan fingerprint density at radius 2 is 1.76 bits per heavy atom. The quantitative estimate of drug-likeness (QED) is 0.571. The minimum absolute atomic E-state index is 0.0481. The third kappa shape index (κ3) is 4.56. The van der Waals surface area contributed by atoms with Gasteiger partial charge in [0.15, 0.2) is 0 Å². The Morgan fingerprint density at radius 1 is 1.07 bits per heavy atom. The smallest absolute Gasteiger partial charge is 0.220 e. The van der Waals surface area contributed by atoms with Gasteiger partial charge in [-0.3, -0.25) is 4.79 Å². The Kier molecular flexibility index (Phi) is 6.81. The Hall–Kier alpha value is -2.95. The fourth-order valence-corrected chi connectivity index (χ4v) is 3.77. The van der Waals surface area contributed by atoms with Gasteiger partial charge >= 0.3 is 0 Å². The third-order valence-electron chi connectivity index (χ3n) is 5.27. The lowest BCUT2D eigenvalue weighted by Crippen LogP contribution is -2.26. The van der Waals surface area contributed by atoms with Gasteiger partial charge in [0.25, 0.3) is 0 Å². The van der Waals surface area contributed by atoms with Gasteiger partial charge in [0, 0.05) is 48.6 Å². The van der Waals surface area contributed by atoms with Crippen molar-refractivity contribution in [3.05, 3.63) is 59.8 Å². The molecule has 0 aliphatic rings. The van der Waals surface area contributed by atoms with E-state index in [2.05, 4.69) is 48.1 Å². The molecule has 0 aliphatic heterocycles. The molecule has 0 bridgehead atoms. The van der Waals surface area contributed by atoms with Crippen molar-refractivity contribution in [1.29, 1.82) is 0 Å². The van der Waals surface area contributed by atoms with Crippen LogP contribution in [0, 0.1) is 0 Å². The van der Waals surface area contributed by atoms with E-state index in [0.717, 1.165) is 35.6 Å². The minimum Gasteiger partial charge on any atom is -0.497 e. The third-order valence-corrected chi connectivity index (χ3v) is 5.27. The zero-order valence-corrected chi connectivity index (χ0v) is 17.7. The molecule has 1 heterocycles. The SMILES string of the molecule is CCCNC(=O)CC(c1cc(OC)cc(OC)c1)c1cn(CC)c2ccccc12. The highest BCUT2D eigenvalue weighted by molar-refractivity contribution is 5.86. The summed E-state index contributed by atoms with van der Waals surface area (Å²) in [5.41, 5.74) is 3.33. The maximum absolute atomic E-state index is 12.7. The van der Waals surface area contributed by atoms with E-state index in [1.165, 1.54) is 10.9 Å². The number of fused-ring (bicyclic) bond motifs is 1. The fourth-order valence-electron chi connectivity index (χ4n) is 3.77. The zero-order valence-electron chi connectivity index (χ0n) is 17.7. The number of rotatable bonds is 9. The summed E-state index contributed by atoms with van der Waals surface area (Å²) in [4.78, 5) is 12.7. The van der Waals surface area contributed by atoms with Crippen LogP contribution >= 0.6 is 0 Å². The average Bonchev–Trinajstić information content (AvgIpc) is 3.14. The number of carbonyl (C=O) groups excluding carboxylic acids is 1. The van der Waals surface area contributed by atoms with Gasteiger partial charge in [-0.15, -0.1) is 0 Å². The molecule has 1 atom stereocenters. The largest absolute Gasteiger partial charge is 0.497 e. The molecular weight excluding hydrogens is 364 g/mol. The number of benzene rings is 2. The number of amides is 1. The number of aromatic nitrogens is 1. The van der Waals surface area contributed by atoms with Crippen molar-refractivity contribution >= 4 is 16.8 Å². The number of ether oxygens (including phenoxy) is 2. The normalized spacial score (nSPS) is 12.0. The molecule has 3 aromatic rings. The highest BCUT2D eigenvalue weighted by Crippen LogP contribution is 2.37. The van der Waals surface area contributed by atoms with E-state index in [1.807, 2.05) is 24.3 Å². The van der Waals surface area contributed by atoms with Gasteiger partial charge in [0.05, 0.1) is 14.2 Å². The van der Waals surface area contributed by atoms with Crippen LogP contribution in [0.15, 0.2) is 48.7 Å². The first-order valence-corrected chi connectivity index (χ1v) is 10.2. The number of aryl methyl sites for hydroxylation is 1. The van der Waals surface area contributed by atoms with Crippen LogP contribution in [0.4, 0.5) is 0 Å². The molecule has 0 fully saturated rings. The molecule has 0 radical (unpaired) electrons. The van der Waals surface area contributed by atoms with E-state index in [-0.39, 0.29) is 11.8 Å². The molecule has 0 spiro atoms. The maximum atomic E-state index is 12.7. The average molecular weight is 395 g/mol. The standard InChI is InChI=1S/C24H30N2O3/c1-5-11-25-24(27)15-21(17-12-18(28-3)14-19(13-17)29-4)22-16-26(6-2)23-10-8-7-9-20(22)23/h7-10,12-14,16,21H,5-6,11,15H2,1-4H3,(H,25,27). The van der Waals surface area contributed by atoms with Crippen LogP contribution in [0.5, 0.6) is 11.5 Å². The number of nitrogens with one attached hydrogen (secondary N) is 1. The second-order valence-corrected chi connectivity index (χ2v) is 7.14. The van der Waals surface area contributed by atoms with Gasteiger partial charge in [-0.2, -0.15) is 0 Å². The van der Waals surface area contributed by atoms with Gasteiger partial charge < -0.3 is 19.4 Å². The van der Waals surface area contributed by atoms with E-state index >= 15 is 0 Å². The topological polar surface area (TPSA) is 52.5 Å². The van der Waals surface area contributed by atoms with Crippen molar-refractivity contribution in [1.82, 2.24) is 9.88 Å². The zero-order chi connectivity index (χ0) is 20.8. The van der Waals surface area contributed by atoms with Gasteiger partial charge in [-0.05, 0) is 42.7 Å². The van der Waals surface area contributed by atoms with Crippen LogP contribution in [0.2, 0.25) is 0 Å². The number of para-hydroxylation sites is 1. The summed E-state index contributed by atoms with van der Waals surface area (Å²) in [5, 5.41) is 4.19. The number of nitrogens with zero attached hydrogens (tertiary/aromatic N) is 1. The highest BCUT2D eigenvalue weighted by atomic mass is 16.5. The van der Waals surface area contributed by atoms with Crippen LogP contribution < -0.4 is 14.8 Å². The molecular formula is C24H30N2O3. The first kappa shape index (κ1) is 20.8. The lowest BCUT2D eigenvalue weighted by Gasteiger charge is -2.19. The van der Waals surface area contributed by atoms with Crippen molar-refractivity contribution in [2.75, 3.05) is 20.8 Å². The fraction of sp³-hybridized carbons (Fsp3) is 0.375. The highest BCUT2D eigenvalue weighted by Gasteiger charge is 2.23. The Labute approximate surface area is 172 Å². The number of hydrogen-bond donors (Lipinski definition) is 1. The molecule has 0 saturated carbocycles. The van der Waals surface area contributed by atoms with Gasteiger partial charge in [-0.1, -0.05) is 25.1 Å². The van der Waals surface area contributed by atoms with E-state index in [9.17, 15) is 4.79 Å².